The molecule has 1 heterocycles. The predicted molar refractivity (Wildman–Crippen MR) is 182 cm³/mol. The Morgan fingerprint density at radius 2 is 1.14 bits per heavy atom. The van der Waals surface area contributed by atoms with Crippen molar-refractivity contribution in [3.05, 3.63) is 64.2 Å². The minimum atomic E-state index is -2.51. The molecule has 1 saturated heterocycles. The molecule has 0 saturated carbocycles. The van der Waals surface area contributed by atoms with E-state index in [0.29, 0.717) is 6.42 Å². The fraction of sp³-hybridized carbons (Fsp3) is 0.676. The van der Waals surface area contributed by atoms with Gasteiger partial charge in [-0.05, 0) is 89.7 Å². The first-order valence-corrected chi connectivity index (χ1v) is 16.8. The highest BCUT2D eigenvalue weighted by atomic mass is 31.2. The summed E-state index contributed by atoms with van der Waals surface area (Å²) in [5.74, 6) is -0.104. The Morgan fingerprint density at radius 1 is 0.690 bits per heavy atom. The van der Waals surface area contributed by atoms with Crippen LogP contribution in [0.1, 0.15) is 151 Å². The van der Waals surface area contributed by atoms with Crippen molar-refractivity contribution in [2.24, 2.45) is 0 Å². The fourth-order valence-corrected chi connectivity index (χ4v) is 7.69. The molecule has 0 bridgehead atoms. The van der Waals surface area contributed by atoms with Crippen molar-refractivity contribution in [3.8, 4) is 0 Å². The van der Waals surface area contributed by atoms with Gasteiger partial charge in [0, 0.05) is 22.7 Å². The zero-order valence-electron chi connectivity index (χ0n) is 29.5. The van der Waals surface area contributed by atoms with E-state index in [1.54, 1.807) is 0 Å². The van der Waals surface area contributed by atoms with Gasteiger partial charge in [0.05, 0.1) is 6.10 Å². The summed E-state index contributed by atoms with van der Waals surface area (Å²) in [6.45, 7) is 36.5. The van der Waals surface area contributed by atoms with Gasteiger partial charge in [0.2, 0.25) is 0 Å². The summed E-state index contributed by atoms with van der Waals surface area (Å²) in [6, 6.07) is 14.0. The van der Waals surface area contributed by atoms with Crippen molar-refractivity contribution in [3.63, 3.8) is 0 Å². The first-order chi connectivity index (χ1) is 18.7. The van der Waals surface area contributed by atoms with E-state index in [-0.39, 0.29) is 39.2 Å². The molecule has 0 aromatic heterocycles. The molecular formula is C37H60NO3P. The summed E-state index contributed by atoms with van der Waals surface area (Å²) in [6.07, 6.45) is 0.303. The van der Waals surface area contributed by atoms with Crippen LogP contribution < -0.4 is 4.90 Å². The summed E-state index contributed by atoms with van der Waals surface area (Å²) < 4.78 is 6.09. The van der Waals surface area contributed by atoms with Gasteiger partial charge in [-0.3, -0.25) is 0 Å². The monoisotopic (exact) mass is 597 g/mol. The lowest BCUT2D eigenvalue weighted by Gasteiger charge is -2.61. The van der Waals surface area contributed by atoms with E-state index in [4.69, 9.17) is 4.52 Å². The lowest BCUT2D eigenvalue weighted by atomic mass is 9.64. The molecule has 1 aliphatic rings. The highest BCUT2D eigenvalue weighted by Gasteiger charge is 2.55. The van der Waals surface area contributed by atoms with Crippen molar-refractivity contribution in [1.82, 2.24) is 0 Å². The number of hydrogen-bond donors (Lipinski definition) is 2. The van der Waals surface area contributed by atoms with Gasteiger partial charge in [0.25, 0.3) is 0 Å². The molecule has 3 rings (SSSR count). The van der Waals surface area contributed by atoms with Crippen LogP contribution in [0, 0.1) is 0 Å². The quantitative estimate of drug-likeness (QED) is 0.344. The zero-order valence-corrected chi connectivity index (χ0v) is 30.4. The number of rotatable bonds is 4. The van der Waals surface area contributed by atoms with Crippen molar-refractivity contribution < 1.29 is 14.3 Å². The molecule has 42 heavy (non-hydrogen) atoms. The summed E-state index contributed by atoms with van der Waals surface area (Å²) in [5.41, 5.74) is 6.88. The van der Waals surface area contributed by atoms with Crippen LogP contribution in [0.3, 0.4) is 0 Å². The van der Waals surface area contributed by atoms with Crippen LogP contribution in [0.4, 0.5) is 5.69 Å². The minimum absolute atomic E-state index is 0.0193. The fourth-order valence-electron chi connectivity index (χ4n) is 7.25. The lowest BCUT2D eigenvalue weighted by Crippen LogP contribution is -2.66. The normalized spacial score (nSPS) is 21.6. The topological polar surface area (TPSA) is 52.9 Å². The van der Waals surface area contributed by atoms with E-state index in [1.165, 1.54) is 33.5 Å². The molecule has 0 amide bonds. The Morgan fingerprint density at radius 3 is 1.57 bits per heavy atom. The molecule has 5 heteroatoms. The van der Waals surface area contributed by atoms with E-state index in [9.17, 15) is 9.79 Å². The Balaban J connectivity index is 2.39. The summed E-state index contributed by atoms with van der Waals surface area (Å²) in [7, 11) is -2.51. The van der Waals surface area contributed by atoms with Gasteiger partial charge in [-0.2, -0.15) is 0 Å². The highest BCUT2D eigenvalue weighted by Crippen LogP contribution is 2.55. The molecule has 0 spiro atoms. The maximum Gasteiger partial charge on any atom is 0.327 e. The standard InChI is InChI=1S/C37H60NO3P/c1-32(2,3)24-17-19-26(27(21-24)34(7,8)9)31-30(41-42(39)40)23-36(13,14)38(37(31,15)16)29-20-18-25(33(4,5)6)22-28(29)35(10,11)12/h17-22,30-31,39-40H,23H2,1-16H3. The Bertz CT molecular complexity index is 1270. The molecule has 2 aromatic carbocycles. The van der Waals surface area contributed by atoms with E-state index >= 15 is 0 Å². The first-order valence-electron chi connectivity index (χ1n) is 15.6. The molecule has 2 aromatic rings. The van der Waals surface area contributed by atoms with Gasteiger partial charge in [-0.15, -0.1) is 0 Å². The van der Waals surface area contributed by atoms with Crippen molar-refractivity contribution >= 4 is 14.3 Å². The zero-order chi connectivity index (χ0) is 32.4. The third-order valence-electron chi connectivity index (χ3n) is 9.22. The van der Waals surface area contributed by atoms with Crippen LogP contribution >= 0.6 is 8.60 Å². The van der Waals surface area contributed by atoms with Gasteiger partial charge in [-0.25, -0.2) is 0 Å². The van der Waals surface area contributed by atoms with Gasteiger partial charge >= 0.3 is 8.60 Å². The van der Waals surface area contributed by atoms with Crippen molar-refractivity contribution in [2.75, 3.05) is 4.90 Å². The maximum atomic E-state index is 10.2. The van der Waals surface area contributed by atoms with Gasteiger partial charge in [-0.1, -0.05) is 113 Å². The van der Waals surface area contributed by atoms with Gasteiger partial charge in [0.15, 0.2) is 0 Å². The Kier molecular flexibility index (Phi) is 9.31. The second kappa shape index (κ2) is 11.2. The van der Waals surface area contributed by atoms with Gasteiger partial charge < -0.3 is 19.2 Å². The molecule has 1 fully saturated rings. The summed E-state index contributed by atoms with van der Waals surface area (Å²) in [5, 5.41) is 0. The molecule has 0 radical (unpaired) electrons. The van der Waals surface area contributed by atoms with Crippen LogP contribution in [0.2, 0.25) is 0 Å². The van der Waals surface area contributed by atoms with Crippen LogP contribution in [0.5, 0.6) is 0 Å². The predicted octanol–water partition coefficient (Wildman–Crippen LogP) is 10.0. The molecule has 2 N–H and O–H groups in total. The van der Waals surface area contributed by atoms with E-state index in [1.807, 2.05) is 0 Å². The van der Waals surface area contributed by atoms with Crippen LogP contribution in [0.15, 0.2) is 36.4 Å². The maximum absolute atomic E-state index is 10.2. The largest absolute Gasteiger partial charge is 0.360 e. The number of benzene rings is 2. The summed E-state index contributed by atoms with van der Waals surface area (Å²) in [4.78, 5) is 23.1. The molecule has 236 valence electrons. The van der Waals surface area contributed by atoms with Crippen molar-refractivity contribution in [2.45, 2.75) is 162 Å². The van der Waals surface area contributed by atoms with Crippen LogP contribution in [-0.4, -0.2) is 27.0 Å². The van der Waals surface area contributed by atoms with E-state index in [2.05, 4.69) is 152 Å². The molecule has 2 atom stereocenters. The number of piperidine rings is 1. The second-order valence-corrected chi connectivity index (χ2v) is 18.6. The summed E-state index contributed by atoms with van der Waals surface area (Å²) >= 11 is 0. The number of anilines is 1. The Labute approximate surface area is 259 Å². The first kappa shape index (κ1) is 35.0. The molecule has 4 nitrogen and oxygen atoms in total. The minimum Gasteiger partial charge on any atom is -0.360 e. The smallest absolute Gasteiger partial charge is 0.327 e. The van der Waals surface area contributed by atoms with E-state index in [0.717, 1.165) is 0 Å². The van der Waals surface area contributed by atoms with Crippen molar-refractivity contribution in [1.29, 1.82) is 0 Å². The third kappa shape index (κ3) is 7.09. The van der Waals surface area contributed by atoms with Crippen LogP contribution in [-0.2, 0) is 26.2 Å². The molecule has 2 unspecified atom stereocenters. The lowest BCUT2D eigenvalue weighted by molar-refractivity contribution is 0.0478. The van der Waals surface area contributed by atoms with Crippen LogP contribution in [0.25, 0.3) is 0 Å². The second-order valence-electron chi connectivity index (χ2n) is 17.9. The third-order valence-corrected chi connectivity index (χ3v) is 9.68. The molecular weight excluding hydrogens is 537 g/mol. The number of hydrogen-bond acceptors (Lipinski definition) is 4. The number of nitrogens with zero attached hydrogens (tertiary/aromatic N) is 1. The molecule has 1 aliphatic heterocycles. The average Bonchev–Trinajstić information content (AvgIpc) is 2.74. The molecule has 0 aliphatic carbocycles. The average molecular weight is 598 g/mol. The highest BCUT2D eigenvalue weighted by molar-refractivity contribution is 7.39. The Hall–Kier alpha value is -1.45. The van der Waals surface area contributed by atoms with E-state index < -0.39 is 14.1 Å². The SMILES string of the molecule is CC(C)(C)c1ccc(C2C(OP(O)O)CC(C)(C)N(c3ccc(C(C)(C)C)cc3C(C)(C)C)C2(C)C)c(C(C)(C)C)c1. The van der Waals surface area contributed by atoms with Gasteiger partial charge in [0.1, 0.15) is 0 Å².